The highest BCUT2D eigenvalue weighted by Crippen LogP contribution is 2.32. The van der Waals surface area contributed by atoms with E-state index in [1.807, 2.05) is 37.9 Å². The fraction of sp³-hybridized carbons (Fsp3) is 0.500. The van der Waals surface area contributed by atoms with Crippen molar-refractivity contribution in [3.05, 3.63) is 23.3 Å². The van der Waals surface area contributed by atoms with Crippen LogP contribution >= 0.6 is 12.4 Å². The Morgan fingerprint density at radius 1 is 1.39 bits per heavy atom. The van der Waals surface area contributed by atoms with Gasteiger partial charge in [-0.05, 0) is 25.5 Å². The normalized spacial score (nSPS) is 14.3. The summed E-state index contributed by atoms with van der Waals surface area (Å²) in [7, 11) is -0.408. The second-order valence-corrected chi connectivity index (χ2v) is 6.95. The number of nitrogens with zero attached hydrogens (tertiary/aromatic N) is 3. The van der Waals surface area contributed by atoms with Crippen molar-refractivity contribution in [2.75, 3.05) is 38.1 Å². The lowest BCUT2D eigenvalue weighted by Crippen LogP contribution is -2.34. The van der Waals surface area contributed by atoms with Gasteiger partial charge < -0.3 is 9.64 Å². The molecule has 9 heteroatoms. The number of hydrogen-bond donors (Lipinski definition) is 1. The number of likely N-dealkylation sites (N-methyl/N-ethyl adjacent to an activating group) is 1. The van der Waals surface area contributed by atoms with Gasteiger partial charge in [0.15, 0.2) is 0 Å². The van der Waals surface area contributed by atoms with Gasteiger partial charge in [-0.2, -0.15) is 8.42 Å². The first-order valence-corrected chi connectivity index (χ1v) is 8.46. The molecule has 23 heavy (non-hydrogen) atoms. The molecule has 2 rings (SSSR count). The average Bonchev–Trinajstić information content (AvgIpc) is 2.82. The molecule has 0 aliphatic carbocycles. The van der Waals surface area contributed by atoms with Crippen LogP contribution in [0.5, 0.6) is 5.75 Å². The van der Waals surface area contributed by atoms with E-state index in [0.717, 1.165) is 34.4 Å². The molecule has 1 aliphatic rings. The summed E-state index contributed by atoms with van der Waals surface area (Å²) in [6.45, 7) is 5.69. The van der Waals surface area contributed by atoms with E-state index in [4.69, 9.17) is 9.88 Å². The molecular weight excluding hydrogens is 340 g/mol. The van der Waals surface area contributed by atoms with E-state index in [9.17, 15) is 8.42 Å². The number of hydrogen-bond acceptors (Lipinski definition) is 5. The van der Waals surface area contributed by atoms with Crippen LogP contribution in [-0.2, 0) is 10.2 Å². The molecule has 0 unspecified atom stereocenters. The molecule has 7 nitrogen and oxygen atoms in total. The van der Waals surface area contributed by atoms with Gasteiger partial charge in [0, 0.05) is 26.2 Å². The van der Waals surface area contributed by atoms with E-state index >= 15 is 0 Å². The van der Waals surface area contributed by atoms with Crippen LogP contribution < -0.4 is 14.2 Å². The first-order valence-electron chi connectivity index (χ1n) is 6.96. The lowest BCUT2D eigenvalue weighted by atomic mass is 10.1. The maximum Gasteiger partial charge on any atom is 0.298 e. The third-order valence-corrected chi connectivity index (χ3v) is 4.75. The number of benzene rings is 1. The molecule has 2 N–H and O–H groups in total. The molecule has 0 amide bonds. The molecule has 0 aromatic heterocycles. The monoisotopic (exact) mass is 362 g/mol. The number of amidine groups is 1. The Morgan fingerprint density at radius 2 is 2.04 bits per heavy atom. The summed E-state index contributed by atoms with van der Waals surface area (Å²) in [5, 5.41) is 5.22. The maximum absolute atomic E-state index is 11.6. The lowest BCUT2D eigenvalue weighted by Gasteiger charge is -2.23. The summed E-state index contributed by atoms with van der Waals surface area (Å²) in [6, 6.07) is 3.65. The molecule has 0 fully saturated rings. The number of nitrogens with two attached hydrogens (primary N) is 1. The molecular formula is C14H23ClN4O3S. The van der Waals surface area contributed by atoms with Gasteiger partial charge >= 0.3 is 0 Å². The predicted molar refractivity (Wildman–Crippen MR) is 95.1 cm³/mol. The molecule has 1 aliphatic heterocycles. The molecule has 1 aromatic carbocycles. The summed E-state index contributed by atoms with van der Waals surface area (Å²) in [6.07, 6.45) is 0. The number of aliphatic imine (C=N–C) groups is 1. The van der Waals surface area contributed by atoms with Crippen molar-refractivity contribution in [1.29, 1.82) is 0 Å². The summed E-state index contributed by atoms with van der Waals surface area (Å²) < 4.78 is 30.1. The Balaban J connectivity index is 0.00000264. The summed E-state index contributed by atoms with van der Waals surface area (Å²) in [5.41, 5.74) is 2.09. The van der Waals surface area contributed by atoms with Gasteiger partial charge in [0.25, 0.3) is 10.2 Å². The molecule has 1 aromatic rings. The standard InChI is InChI=1S/C14H22N4O3S.ClH/c1-10-5-6-12(21-9-13-16-7-8-17(13)3)11(2)14(10)18(4)22(15,19)20;/h5-6H,7-9H2,1-4H3,(H2,15,19,20);1H. The van der Waals surface area contributed by atoms with Gasteiger partial charge in [0.2, 0.25) is 0 Å². The van der Waals surface area contributed by atoms with E-state index in [2.05, 4.69) is 4.99 Å². The Bertz CT molecular complexity index is 706. The fourth-order valence-electron chi connectivity index (χ4n) is 2.46. The van der Waals surface area contributed by atoms with E-state index in [0.29, 0.717) is 18.0 Å². The van der Waals surface area contributed by atoms with E-state index < -0.39 is 10.2 Å². The summed E-state index contributed by atoms with van der Waals surface area (Å²) >= 11 is 0. The minimum absolute atomic E-state index is 0. The molecule has 0 radical (unpaired) electrons. The highest BCUT2D eigenvalue weighted by Gasteiger charge is 2.20. The smallest absolute Gasteiger partial charge is 0.298 e. The van der Waals surface area contributed by atoms with Crippen molar-refractivity contribution < 1.29 is 13.2 Å². The maximum atomic E-state index is 11.6. The van der Waals surface area contributed by atoms with Crippen LogP contribution in [0.3, 0.4) is 0 Å². The van der Waals surface area contributed by atoms with Gasteiger partial charge in [0.05, 0.1) is 12.2 Å². The first kappa shape index (κ1) is 19.5. The van der Waals surface area contributed by atoms with Gasteiger partial charge in [-0.3, -0.25) is 9.30 Å². The Morgan fingerprint density at radius 3 is 2.57 bits per heavy atom. The molecule has 1 heterocycles. The number of anilines is 1. The first-order chi connectivity index (χ1) is 10.2. The van der Waals surface area contributed by atoms with Gasteiger partial charge in [-0.25, -0.2) is 5.14 Å². The quantitative estimate of drug-likeness (QED) is 0.849. The number of ether oxygens (including phenoxy) is 1. The molecule has 130 valence electrons. The predicted octanol–water partition coefficient (Wildman–Crippen LogP) is 1.09. The highest BCUT2D eigenvalue weighted by atomic mass is 35.5. The van der Waals surface area contributed by atoms with Crippen LogP contribution in [-0.4, -0.2) is 52.9 Å². The van der Waals surface area contributed by atoms with E-state index in [1.54, 1.807) is 0 Å². The zero-order valence-electron chi connectivity index (χ0n) is 13.7. The minimum atomic E-state index is -3.81. The summed E-state index contributed by atoms with van der Waals surface area (Å²) in [5.74, 6) is 1.51. The largest absolute Gasteiger partial charge is 0.485 e. The molecule has 0 saturated heterocycles. The highest BCUT2D eigenvalue weighted by molar-refractivity contribution is 7.90. The van der Waals surface area contributed by atoms with Crippen LogP contribution in [0.1, 0.15) is 11.1 Å². The Hall–Kier alpha value is -1.51. The fourth-order valence-corrected chi connectivity index (χ4v) is 3.00. The zero-order chi connectivity index (χ0) is 16.5. The van der Waals surface area contributed by atoms with Crippen LogP contribution in [0.4, 0.5) is 5.69 Å². The molecule has 0 spiro atoms. The second kappa shape index (κ2) is 7.37. The van der Waals surface area contributed by atoms with Crippen molar-refractivity contribution in [3.8, 4) is 5.75 Å². The van der Waals surface area contributed by atoms with E-state index in [-0.39, 0.29) is 12.4 Å². The SMILES string of the molecule is Cc1ccc(OCC2=NCCN2C)c(C)c1N(C)S(N)(=O)=O.Cl. The Labute approximate surface area is 143 Å². The topological polar surface area (TPSA) is 88.2 Å². The van der Waals surface area contributed by atoms with Crippen LogP contribution in [0.25, 0.3) is 0 Å². The van der Waals surface area contributed by atoms with Crippen molar-refractivity contribution >= 4 is 34.1 Å². The van der Waals surface area contributed by atoms with Gasteiger partial charge in [-0.15, -0.1) is 12.4 Å². The second-order valence-electron chi connectivity index (χ2n) is 5.37. The van der Waals surface area contributed by atoms with Crippen molar-refractivity contribution in [2.45, 2.75) is 13.8 Å². The third-order valence-electron chi connectivity index (χ3n) is 3.81. The zero-order valence-corrected chi connectivity index (χ0v) is 15.4. The number of rotatable bonds is 5. The van der Waals surface area contributed by atoms with Crippen LogP contribution in [0.2, 0.25) is 0 Å². The molecule has 0 bridgehead atoms. The van der Waals surface area contributed by atoms with Gasteiger partial charge in [0.1, 0.15) is 18.2 Å². The van der Waals surface area contributed by atoms with Crippen molar-refractivity contribution in [3.63, 3.8) is 0 Å². The lowest BCUT2D eigenvalue weighted by molar-refractivity contribution is 0.356. The third kappa shape index (κ3) is 4.27. The Kier molecular flexibility index (Phi) is 6.26. The van der Waals surface area contributed by atoms with Crippen molar-refractivity contribution in [1.82, 2.24) is 4.90 Å². The molecule has 0 saturated carbocycles. The minimum Gasteiger partial charge on any atom is -0.485 e. The number of halogens is 1. The van der Waals surface area contributed by atoms with Crippen LogP contribution in [0, 0.1) is 13.8 Å². The summed E-state index contributed by atoms with van der Waals surface area (Å²) in [4.78, 5) is 6.41. The van der Waals surface area contributed by atoms with E-state index in [1.165, 1.54) is 7.05 Å². The van der Waals surface area contributed by atoms with Gasteiger partial charge in [-0.1, -0.05) is 6.07 Å². The average molecular weight is 363 g/mol. The molecule has 0 atom stereocenters. The van der Waals surface area contributed by atoms with Crippen LogP contribution in [0.15, 0.2) is 17.1 Å². The van der Waals surface area contributed by atoms with Crippen molar-refractivity contribution in [2.24, 2.45) is 10.1 Å². The number of aryl methyl sites for hydroxylation is 1.